The monoisotopic (exact) mass is 406 g/mol. The molecule has 2 bridgehead atoms. The summed E-state index contributed by atoms with van der Waals surface area (Å²) in [5.74, 6) is 6.93. The summed E-state index contributed by atoms with van der Waals surface area (Å²) in [6, 6.07) is 19.6. The maximum Gasteiger partial charge on any atom is 0.143 e. The standard InChI is InChI=1S/C28H26N2O/c1-3-28-18-27(2)30-23-12-8-7-11-21(23)22-15-16-29(25(28)24(22)30)17-20(26(28)31-27)14-13-19-9-5-4-6-10-19/h4-12,17,25-26H,3,15-16,18H2,1-2H3/t25-,26-,27?,28+/m1/s1. The van der Waals surface area contributed by atoms with E-state index in [1.54, 1.807) is 0 Å². The van der Waals surface area contributed by atoms with Gasteiger partial charge in [-0.1, -0.05) is 55.2 Å². The molecule has 31 heavy (non-hydrogen) atoms. The first-order valence-electron chi connectivity index (χ1n) is 11.5. The molecule has 4 aliphatic heterocycles. The van der Waals surface area contributed by atoms with Crippen molar-refractivity contribution in [2.45, 2.75) is 51.0 Å². The Morgan fingerprint density at radius 2 is 1.87 bits per heavy atom. The van der Waals surface area contributed by atoms with Crippen LogP contribution < -0.4 is 0 Å². The van der Waals surface area contributed by atoms with Crippen molar-refractivity contribution in [3.63, 3.8) is 0 Å². The summed E-state index contributed by atoms with van der Waals surface area (Å²) in [4.78, 5) is 2.58. The van der Waals surface area contributed by atoms with Crippen LogP contribution in [0.15, 0.2) is 66.4 Å². The van der Waals surface area contributed by atoms with Crippen molar-refractivity contribution in [3.8, 4) is 11.8 Å². The van der Waals surface area contributed by atoms with Crippen LogP contribution in [0.5, 0.6) is 0 Å². The van der Waals surface area contributed by atoms with Gasteiger partial charge in [0.25, 0.3) is 0 Å². The van der Waals surface area contributed by atoms with Crippen molar-refractivity contribution >= 4 is 10.9 Å². The molecule has 0 amide bonds. The van der Waals surface area contributed by atoms with Crippen molar-refractivity contribution in [1.29, 1.82) is 0 Å². The third-order valence-corrected chi connectivity index (χ3v) is 8.17. The molecular formula is C28H26N2O. The average molecular weight is 407 g/mol. The third kappa shape index (κ3) is 2.09. The van der Waals surface area contributed by atoms with Crippen LogP contribution in [0.4, 0.5) is 0 Å². The van der Waals surface area contributed by atoms with Gasteiger partial charge in [-0.25, -0.2) is 0 Å². The molecule has 5 heterocycles. The van der Waals surface area contributed by atoms with E-state index in [0.29, 0.717) is 6.04 Å². The predicted molar refractivity (Wildman–Crippen MR) is 122 cm³/mol. The van der Waals surface area contributed by atoms with Gasteiger partial charge in [-0.05, 0) is 43.5 Å². The molecule has 0 spiro atoms. The number of nitrogens with zero attached hydrogens (tertiary/aromatic N) is 2. The van der Waals surface area contributed by atoms with E-state index in [1.807, 2.05) is 18.2 Å². The van der Waals surface area contributed by atoms with Crippen LogP contribution in [0.3, 0.4) is 0 Å². The van der Waals surface area contributed by atoms with E-state index in [2.05, 4.69) is 77.8 Å². The Balaban J connectivity index is 1.47. The summed E-state index contributed by atoms with van der Waals surface area (Å²) in [7, 11) is 0. The Morgan fingerprint density at radius 3 is 2.71 bits per heavy atom. The lowest BCUT2D eigenvalue weighted by molar-refractivity contribution is -0.0707. The molecule has 4 aliphatic rings. The van der Waals surface area contributed by atoms with Gasteiger partial charge in [-0.2, -0.15) is 0 Å². The van der Waals surface area contributed by atoms with Crippen molar-refractivity contribution in [3.05, 3.63) is 83.2 Å². The molecule has 3 nitrogen and oxygen atoms in total. The lowest BCUT2D eigenvalue weighted by atomic mass is 9.63. The molecule has 3 aromatic rings. The largest absolute Gasteiger partial charge is 0.367 e. The minimum absolute atomic E-state index is 0.0459. The highest BCUT2D eigenvalue weighted by Crippen LogP contribution is 2.67. The van der Waals surface area contributed by atoms with E-state index in [0.717, 1.165) is 36.9 Å². The molecule has 1 aromatic heterocycles. The number of fused-ring (bicyclic) bond motifs is 5. The normalized spacial score (nSPS) is 31.9. The van der Waals surface area contributed by atoms with E-state index < -0.39 is 0 Å². The smallest absolute Gasteiger partial charge is 0.143 e. The first kappa shape index (κ1) is 17.7. The summed E-state index contributed by atoms with van der Waals surface area (Å²) in [5.41, 5.74) is 6.31. The van der Waals surface area contributed by atoms with Crippen molar-refractivity contribution in [1.82, 2.24) is 9.47 Å². The van der Waals surface area contributed by atoms with Crippen LogP contribution >= 0.6 is 0 Å². The number of hydrogen-bond donors (Lipinski definition) is 0. The molecule has 1 unspecified atom stereocenters. The third-order valence-electron chi connectivity index (χ3n) is 8.17. The zero-order valence-corrected chi connectivity index (χ0v) is 18.1. The molecule has 0 N–H and O–H groups in total. The molecule has 154 valence electrons. The Bertz CT molecular complexity index is 1320. The highest BCUT2D eigenvalue weighted by Gasteiger charge is 2.67. The van der Waals surface area contributed by atoms with Gasteiger partial charge in [0.15, 0.2) is 0 Å². The minimum atomic E-state index is -0.328. The number of para-hydroxylation sites is 1. The second-order valence-electron chi connectivity index (χ2n) is 9.74. The van der Waals surface area contributed by atoms with E-state index >= 15 is 0 Å². The van der Waals surface area contributed by atoms with Gasteiger partial charge in [0.2, 0.25) is 0 Å². The zero-order valence-electron chi connectivity index (χ0n) is 18.1. The van der Waals surface area contributed by atoms with E-state index in [9.17, 15) is 0 Å². The average Bonchev–Trinajstić information content (AvgIpc) is 3.29. The van der Waals surface area contributed by atoms with Crippen LogP contribution in [0.1, 0.15) is 49.6 Å². The van der Waals surface area contributed by atoms with Crippen LogP contribution in [0.25, 0.3) is 10.9 Å². The fourth-order valence-electron chi connectivity index (χ4n) is 7.03. The van der Waals surface area contributed by atoms with Crippen LogP contribution in [-0.2, 0) is 16.9 Å². The Labute approximate surface area is 183 Å². The topological polar surface area (TPSA) is 17.4 Å². The fraction of sp³-hybridized carbons (Fsp3) is 0.357. The summed E-state index contributed by atoms with van der Waals surface area (Å²) in [5, 5.41) is 1.41. The van der Waals surface area contributed by atoms with Gasteiger partial charge in [0.1, 0.15) is 11.8 Å². The van der Waals surface area contributed by atoms with Gasteiger partial charge >= 0.3 is 0 Å². The Morgan fingerprint density at radius 1 is 1.06 bits per heavy atom. The van der Waals surface area contributed by atoms with Crippen LogP contribution in [-0.4, -0.2) is 22.1 Å². The zero-order chi connectivity index (χ0) is 20.8. The molecule has 7 rings (SSSR count). The summed E-state index contributed by atoms with van der Waals surface area (Å²) in [6.45, 7) is 5.70. The second kappa shape index (κ2) is 5.84. The van der Waals surface area contributed by atoms with E-state index in [4.69, 9.17) is 4.74 Å². The van der Waals surface area contributed by atoms with Gasteiger partial charge in [0.05, 0.1) is 11.6 Å². The van der Waals surface area contributed by atoms with Crippen molar-refractivity contribution < 1.29 is 4.74 Å². The van der Waals surface area contributed by atoms with Gasteiger partial charge in [-0.15, -0.1) is 0 Å². The fourth-order valence-corrected chi connectivity index (χ4v) is 7.03. The molecule has 4 atom stereocenters. The maximum absolute atomic E-state index is 7.03. The number of benzene rings is 2. The van der Waals surface area contributed by atoms with Gasteiger partial charge in [0, 0.05) is 46.8 Å². The lowest BCUT2D eigenvalue weighted by Gasteiger charge is -2.53. The second-order valence-corrected chi connectivity index (χ2v) is 9.74. The molecular weight excluding hydrogens is 380 g/mol. The Hall–Kier alpha value is -2.96. The molecule has 1 fully saturated rings. The van der Waals surface area contributed by atoms with Crippen LogP contribution in [0.2, 0.25) is 0 Å². The summed E-state index contributed by atoms with van der Waals surface area (Å²) >= 11 is 0. The van der Waals surface area contributed by atoms with Crippen molar-refractivity contribution in [2.24, 2.45) is 5.41 Å². The molecule has 0 radical (unpaired) electrons. The number of hydrogen-bond acceptors (Lipinski definition) is 2. The van der Waals surface area contributed by atoms with Gasteiger partial charge in [-0.3, -0.25) is 0 Å². The number of ether oxygens (including phenoxy) is 1. The van der Waals surface area contributed by atoms with Crippen molar-refractivity contribution in [2.75, 3.05) is 6.54 Å². The maximum atomic E-state index is 7.03. The predicted octanol–water partition coefficient (Wildman–Crippen LogP) is 5.36. The number of aromatic nitrogens is 1. The lowest BCUT2D eigenvalue weighted by Crippen LogP contribution is -2.53. The molecule has 0 saturated carbocycles. The minimum Gasteiger partial charge on any atom is -0.367 e. The van der Waals surface area contributed by atoms with E-state index in [-0.39, 0.29) is 17.2 Å². The molecule has 2 aromatic carbocycles. The van der Waals surface area contributed by atoms with Gasteiger partial charge < -0.3 is 14.2 Å². The van der Waals surface area contributed by atoms with Crippen LogP contribution in [0, 0.1) is 17.3 Å². The molecule has 0 aliphatic carbocycles. The molecule has 1 saturated heterocycles. The SMILES string of the molecule is CC[C@@]12CC3(C)O[C@@H]1C(C#Cc1ccccc1)=CN1CCc4c(n3c3ccccc43)[C@@H]12. The first-order valence-corrected chi connectivity index (χ1v) is 11.5. The first-order chi connectivity index (χ1) is 15.1. The Kier molecular flexibility index (Phi) is 3.33. The van der Waals surface area contributed by atoms with E-state index in [1.165, 1.54) is 22.2 Å². The number of rotatable bonds is 1. The molecule has 3 heteroatoms. The summed E-state index contributed by atoms with van der Waals surface area (Å²) < 4.78 is 9.57. The summed E-state index contributed by atoms with van der Waals surface area (Å²) in [6.07, 6.45) is 5.58. The quantitative estimate of drug-likeness (QED) is 0.506. The highest BCUT2D eigenvalue weighted by molar-refractivity contribution is 5.87. The highest BCUT2D eigenvalue weighted by atomic mass is 16.5.